The summed E-state index contributed by atoms with van der Waals surface area (Å²) < 4.78 is 13.0. The first-order valence-electron chi connectivity index (χ1n) is 8.55. The summed E-state index contributed by atoms with van der Waals surface area (Å²) in [5.41, 5.74) is 1.90. The maximum Gasteiger partial charge on any atom is 0.225 e. The van der Waals surface area contributed by atoms with Crippen LogP contribution in [0.1, 0.15) is 17.5 Å². The predicted octanol–water partition coefficient (Wildman–Crippen LogP) is 3.19. The molecule has 1 N–H and O–H groups in total. The van der Waals surface area contributed by atoms with Crippen LogP contribution in [0.3, 0.4) is 0 Å². The number of benzene rings is 2. The van der Waals surface area contributed by atoms with Gasteiger partial charge >= 0.3 is 0 Å². The van der Waals surface area contributed by atoms with Crippen LogP contribution in [0, 0.1) is 11.7 Å². The second-order valence-electron chi connectivity index (χ2n) is 6.47. The van der Waals surface area contributed by atoms with Crippen LogP contribution in [0.15, 0.2) is 48.5 Å². The summed E-state index contributed by atoms with van der Waals surface area (Å²) in [6.07, 6.45) is 0.899. The molecule has 4 nitrogen and oxygen atoms in total. The molecule has 1 saturated heterocycles. The quantitative estimate of drug-likeness (QED) is 0.844. The zero-order valence-electron chi connectivity index (χ0n) is 14.3. The average Bonchev–Trinajstić information content (AvgIpc) is 2.98. The lowest BCUT2D eigenvalue weighted by atomic mass is 10.1. The highest BCUT2D eigenvalue weighted by Crippen LogP contribution is 2.20. The van der Waals surface area contributed by atoms with E-state index >= 15 is 0 Å². The molecule has 1 aliphatic rings. The van der Waals surface area contributed by atoms with Gasteiger partial charge in [0.25, 0.3) is 0 Å². The third-order valence-electron chi connectivity index (χ3n) is 4.47. The summed E-state index contributed by atoms with van der Waals surface area (Å²) in [6, 6.07) is 13.6. The largest absolute Gasteiger partial charge is 0.355 e. The van der Waals surface area contributed by atoms with E-state index in [-0.39, 0.29) is 30.0 Å². The molecule has 1 unspecified atom stereocenters. The van der Waals surface area contributed by atoms with Crippen molar-refractivity contribution in [1.82, 2.24) is 10.2 Å². The Kier molecular flexibility index (Phi) is 5.89. The van der Waals surface area contributed by atoms with E-state index in [1.807, 2.05) is 24.3 Å². The van der Waals surface area contributed by atoms with Crippen molar-refractivity contribution in [1.29, 1.82) is 0 Å². The number of amides is 2. The molecule has 1 fully saturated rings. The van der Waals surface area contributed by atoms with Crippen LogP contribution in [0.2, 0.25) is 5.02 Å². The lowest BCUT2D eigenvalue weighted by Gasteiger charge is -2.16. The first-order chi connectivity index (χ1) is 12.5. The number of likely N-dealkylation sites (tertiary alicyclic amines) is 1. The van der Waals surface area contributed by atoms with Gasteiger partial charge in [-0.15, -0.1) is 0 Å². The zero-order valence-corrected chi connectivity index (χ0v) is 15.0. The van der Waals surface area contributed by atoms with Crippen molar-refractivity contribution in [3.63, 3.8) is 0 Å². The van der Waals surface area contributed by atoms with E-state index in [0.717, 1.165) is 11.1 Å². The van der Waals surface area contributed by atoms with Gasteiger partial charge < -0.3 is 10.2 Å². The third kappa shape index (κ3) is 4.82. The number of carbonyl (C=O) groups is 2. The molecule has 2 aromatic carbocycles. The number of halogens is 2. The third-order valence-corrected chi connectivity index (χ3v) is 4.71. The van der Waals surface area contributed by atoms with E-state index in [1.165, 1.54) is 12.1 Å². The van der Waals surface area contributed by atoms with Gasteiger partial charge in [0.15, 0.2) is 0 Å². The highest BCUT2D eigenvalue weighted by Gasteiger charge is 2.33. The molecule has 0 aliphatic carbocycles. The van der Waals surface area contributed by atoms with Gasteiger partial charge in [-0.3, -0.25) is 9.59 Å². The fraction of sp³-hybridized carbons (Fsp3) is 0.300. The highest BCUT2D eigenvalue weighted by atomic mass is 35.5. The molecule has 136 valence electrons. The van der Waals surface area contributed by atoms with Crippen LogP contribution in [0.5, 0.6) is 0 Å². The number of hydrogen-bond acceptors (Lipinski definition) is 2. The summed E-state index contributed by atoms with van der Waals surface area (Å²) in [5, 5.41) is 3.57. The number of nitrogens with zero attached hydrogens (tertiary/aromatic N) is 1. The van der Waals surface area contributed by atoms with Crippen LogP contribution in [-0.4, -0.2) is 29.8 Å². The molecule has 0 radical (unpaired) electrons. The predicted molar refractivity (Wildman–Crippen MR) is 98.1 cm³/mol. The summed E-state index contributed by atoms with van der Waals surface area (Å²) in [7, 11) is 0. The normalized spacial score (nSPS) is 16.8. The van der Waals surface area contributed by atoms with Gasteiger partial charge in [-0.05, 0) is 41.8 Å². The number of rotatable bonds is 6. The number of nitrogens with one attached hydrogen (secondary N) is 1. The highest BCUT2D eigenvalue weighted by molar-refractivity contribution is 6.30. The first kappa shape index (κ1) is 18.4. The van der Waals surface area contributed by atoms with Crippen LogP contribution < -0.4 is 5.32 Å². The van der Waals surface area contributed by atoms with E-state index in [9.17, 15) is 14.0 Å². The standard InChI is InChI=1S/C20H20ClFN2O2/c21-17-3-1-2-14(10-17)8-9-23-20(26)16-11-19(25)24(13-16)12-15-4-6-18(22)7-5-15/h1-7,10,16H,8-9,11-13H2,(H,23,26). The van der Waals surface area contributed by atoms with Gasteiger partial charge in [-0.1, -0.05) is 35.9 Å². The molecule has 1 heterocycles. The Morgan fingerprint density at radius 2 is 1.96 bits per heavy atom. The molecule has 3 rings (SSSR count). The molecule has 6 heteroatoms. The molecular formula is C20H20ClFN2O2. The van der Waals surface area contributed by atoms with E-state index in [2.05, 4.69) is 5.32 Å². The van der Waals surface area contributed by atoms with Gasteiger partial charge in [-0.25, -0.2) is 4.39 Å². The molecule has 2 aromatic rings. The smallest absolute Gasteiger partial charge is 0.225 e. The second-order valence-corrected chi connectivity index (χ2v) is 6.91. The maximum absolute atomic E-state index is 13.0. The van der Waals surface area contributed by atoms with Gasteiger partial charge in [-0.2, -0.15) is 0 Å². The minimum Gasteiger partial charge on any atom is -0.355 e. The van der Waals surface area contributed by atoms with Crippen LogP contribution >= 0.6 is 11.6 Å². The molecule has 26 heavy (non-hydrogen) atoms. The van der Waals surface area contributed by atoms with Crippen molar-refractivity contribution in [2.24, 2.45) is 5.92 Å². The Hall–Kier alpha value is -2.40. The minimum atomic E-state index is -0.345. The Balaban J connectivity index is 1.48. The zero-order chi connectivity index (χ0) is 18.5. The first-order valence-corrected chi connectivity index (χ1v) is 8.93. The Bertz CT molecular complexity index is 795. The van der Waals surface area contributed by atoms with E-state index in [4.69, 9.17) is 11.6 Å². The summed E-state index contributed by atoms with van der Waals surface area (Å²) in [6.45, 7) is 1.28. The second kappa shape index (κ2) is 8.32. The van der Waals surface area contributed by atoms with E-state index in [1.54, 1.807) is 17.0 Å². The molecule has 2 amide bonds. The molecule has 0 aromatic heterocycles. The average molecular weight is 375 g/mol. The van der Waals surface area contributed by atoms with Gasteiger partial charge in [0, 0.05) is 31.1 Å². The van der Waals surface area contributed by atoms with Crippen molar-refractivity contribution in [2.45, 2.75) is 19.4 Å². The van der Waals surface area contributed by atoms with Crippen molar-refractivity contribution >= 4 is 23.4 Å². The number of carbonyl (C=O) groups excluding carboxylic acids is 2. The van der Waals surface area contributed by atoms with E-state index in [0.29, 0.717) is 31.1 Å². The number of hydrogen-bond donors (Lipinski definition) is 1. The molecule has 0 bridgehead atoms. The fourth-order valence-electron chi connectivity index (χ4n) is 3.08. The van der Waals surface area contributed by atoms with Crippen molar-refractivity contribution in [3.05, 3.63) is 70.5 Å². The molecule has 1 aliphatic heterocycles. The Morgan fingerprint density at radius 1 is 1.19 bits per heavy atom. The molecular weight excluding hydrogens is 355 g/mol. The fourth-order valence-corrected chi connectivity index (χ4v) is 3.29. The SMILES string of the molecule is O=C(NCCc1cccc(Cl)c1)C1CC(=O)N(Cc2ccc(F)cc2)C1. The minimum absolute atomic E-state index is 0.0516. The lowest BCUT2D eigenvalue weighted by Crippen LogP contribution is -2.34. The topological polar surface area (TPSA) is 49.4 Å². The summed E-state index contributed by atoms with van der Waals surface area (Å²) in [4.78, 5) is 26.1. The van der Waals surface area contributed by atoms with Gasteiger partial charge in [0.1, 0.15) is 5.82 Å². The molecule has 0 saturated carbocycles. The van der Waals surface area contributed by atoms with Gasteiger partial charge in [0.2, 0.25) is 11.8 Å². The molecule has 0 spiro atoms. The Morgan fingerprint density at radius 3 is 2.69 bits per heavy atom. The maximum atomic E-state index is 13.0. The van der Waals surface area contributed by atoms with Gasteiger partial charge in [0.05, 0.1) is 5.92 Å². The van der Waals surface area contributed by atoms with E-state index < -0.39 is 0 Å². The van der Waals surface area contributed by atoms with Crippen LogP contribution in [-0.2, 0) is 22.6 Å². The lowest BCUT2D eigenvalue weighted by molar-refractivity contribution is -0.129. The Labute approximate surface area is 157 Å². The monoisotopic (exact) mass is 374 g/mol. The van der Waals surface area contributed by atoms with Crippen molar-refractivity contribution < 1.29 is 14.0 Å². The van der Waals surface area contributed by atoms with Crippen molar-refractivity contribution in [3.8, 4) is 0 Å². The summed E-state index contributed by atoms with van der Waals surface area (Å²) >= 11 is 5.95. The van der Waals surface area contributed by atoms with Crippen LogP contribution in [0.4, 0.5) is 4.39 Å². The van der Waals surface area contributed by atoms with Crippen molar-refractivity contribution in [2.75, 3.05) is 13.1 Å². The van der Waals surface area contributed by atoms with Crippen LogP contribution in [0.25, 0.3) is 0 Å². The molecule has 1 atom stereocenters. The summed E-state index contributed by atoms with van der Waals surface area (Å²) in [5.74, 6) is -0.813.